The third-order valence-electron chi connectivity index (χ3n) is 4.14. The zero-order valence-corrected chi connectivity index (χ0v) is 9.48. The van der Waals surface area contributed by atoms with E-state index in [1.807, 2.05) is 12.1 Å². The van der Waals surface area contributed by atoms with Gasteiger partial charge in [0, 0.05) is 11.3 Å². The summed E-state index contributed by atoms with van der Waals surface area (Å²) in [6.45, 7) is 0. The Hall–Kier alpha value is -1.31. The zero-order chi connectivity index (χ0) is 11.2. The number of ether oxygens (including phenoxy) is 1. The Balaban J connectivity index is 1.97. The number of hydrogen-bond acceptors (Lipinski definition) is 2. The highest BCUT2D eigenvalue weighted by Gasteiger charge is 2.62. The molecule has 0 bridgehead atoms. The monoisotopic (exact) mass is 216 g/mol. The van der Waals surface area contributed by atoms with E-state index in [0.717, 1.165) is 24.4 Å². The van der Waals surface area contributed by atoms with Gasteiger partial charge in [0.25, 0.3) is 0 Å². The van der Waals surface area contributed by atoms with Crippen LogP contribution >= 0.6 is 0 Å². The third kappa shape index (κ3) is 1.29. The summed E-state index contributed by atoms with van der Waals surface area (Å²) in [7, 11) is 1.69. The molecule has 2 saturated carbocycles. The minimum Gasteiger partial charge on any atom is -0.497 e. The summed E-state index contributed by atoms with van der Waals surface area (Å²) in [6, 6.07) is 8.23. The van der Waals surface area contributed by atoms with Gasteiger partial charge in [-0.3, -0.25) is 0 Å². The molecule has 0 N–H and O–H groups in total. The van der Waals surface area contributed by atoms with Crippen LogP contribution in [0.25, 0.3) is 0 Å². The number of carbonyl (C=O) groups is 1. The summed E-state index contributed by atoms with van der Waals surface area (Å²) in [6.07, 6.45) is 4.73. The van der Waals surface area contributed by atoms with Crippen molar-refractivity contribution in [2.24, 2.45) is 11.8 Å². The number of carbonyl (C=O) groups excluding carboxylic acids is 1. The van der Waals surface area contributed by atoms with E-state index in [9.17, 15) is 4.79 Å². The third-order valence-corrected chi connectivity index (χ3v) is 4.14. The fourth-order valence-corrected chi connectivity index (χ4v) is 3.02. The van der Waals surface area contributed by atoms with E-state index in [1.54, 1.807) is 7.11 Å². The maximum absolute atomic E-state index is 11.0. The highest BCUT2D eigenvalue weighted by atomic mass is 16.5. The molecular weight excluding hydrogens is 200 g/mol. The van der Waals surface area contributed by atoms with Crippen molar-refractivity contribution in [1.82, 2.24) is 0 Å². The van der Waals surface area contributed by atoms with Gasteiger partial charge in [-0.25, -0.2) is 0 Å². The van der Waals surface area contributed by atoms with Crippen LogP contribution < -0.4 is 4.74 Å². The van der Waals surface area contributed by atoms with Crippen molar-refractivity contribution in [2.75, 3.05) is 7.11 Å². The first-order valence-corrected chi connectivity index (χ1v) is 5.91. The number of rotatable bonds is 4. The zero-order valence-electron chi connectivity index (χ0n) is 9.48. The summed E-state index contributed by atoms with van der Waals surface area (Å²) >= 11 is 0. The van der Waals surface area contributed by atoms with Crippen molar-refractivity contribution in [1.29, 1.82) is 0 Å². The number of hydrogen-bond donors (Lipinski definition) is 0. The van der Waals surface area contributed by atoms with Crippen LogP contribution in [-0.2, 0) is 10.2 Å². The van der Waals surface area contributed by atoms with Gasteiger partial charge in [0.05, 0.1) is 7.11 Å². The Morgan fingerprint density at radius 2 is 2.25 bits per heavy atom. The summed E-state index contributed by atoms with van der Waals surface area (Å²) in [5.74, 6) is 1.87. The molecule has 2 heteroatoms. The van der Waals surface area contributed by atoms with E-state index in [4.69, 9.17) is 4.74 Å². The highest BCUT2D eigenvalue weighted by molar-refractivity contribution is 5.65. The lowest BCUT2D eigenvalue weighted by molar-refractivity contribution is -0.109. The summed E-state index contributed by atoms with van der Waals surface area (Å²) < 4.78 is 5.26. The Bertz CT molecular complexity index is 422. The van der Waals surface area contributed by atoms with Crippen LogP contribution in [0.15, 0.2) is 24.3 Å². The first-order valence-electron chi connectivity index (χ1n) is 5.91. The van der Waals surface area contributed by atoms with Gasteiger partial charge < -0.3 is 9.53 Å². The molecule has 0 spiro atoms. The molecule has 2 fully saturated rings. The minimum atomic E-state index is 0.163. The van der Waals surface area contributed by atoms with Crippen LogP contribution in [0, 0.1) is 11.8 Å². The second-order valence-electron chi connectivity index (χ2n) is 4.99. The van der Waals surface area contributed by atoms with Crippen LogP contribution in [0.1, 0.15) is 24.8 Å². The van der Waals surface area contributed by atoms with E-state index < -0.39 is 0 Å². The van der Waals surface area contributed by atoms with E-state index in [0.29, 0.717) is 0 Å². The highest BCUT2D eigenvalue weighted by Crippen LogP contribution is 2.65. The second kappa shape index (κ2) is 3.34. The van der Waals surface area contributed by atoms with Gasteiger partial charge in [-0.05, 0) is 42.9 Å². The standard InChI is InChI=1S/C14H16O2/c1-16-13-4-2-3-11(7-13)14(10-5-6-10)8-12(14)9-15/h2-4,7,9-10,12H,5-6,8H2,1H3. The Morgan fingerprint density at radius 1 is 1.44 bits per heavy atom. The van der Waals surface area contributed by atoms with E-state index in [-0.39, 0.29) is 11.3 Å². The molecule has 0 radical (unpaired) electrons. The predicted octanol–water partition coefficient (Wildman–Crippen LogP) is 2.56. The molecule has 0 aromatic heterocycles. The maximum Gasteiger partial charge on any atom is 0.124 e. The van der Waals surface area contributed by atoms with Crippen molar-refractivity contribution in [3.05, 3.63) is 29.8 Å². The Morgan fingerprint density at radius 3 is 2.81 bits per heavy atom. The molecule has 0 heterocycles. The lowest BCUT2D eigenvalue weighted by Crippen LogP contribution is -2.13. The smallest absolute Gasteiger partial charge is 0.124 e. The lowest BCUT2D eigenvalue weighted by atomic mass is 9.88. The molecule has 84 valence electrons. The van der Waals surface area contributed by atoms with Crippen LogP contribution in [0.2, 0.25) is 0 Å². The average molecular weight is 216 g/mol. The van der Waals surface area contributed by atoms with Crippen LogP contribution in [0.3, 0.4) is 0 Å². The van der Waals surface area contributed by atoms with Gasteiger partial charge in [-0.15, -0.1) is 0 Å². The van der Waals surface area contributed by atoms with Gasteiger partial charge in [0.2, 0.25) is 0 Å². The predicted molar refractivity (Wildman–Crippen MR) is 61.6 cm³/mol. The lowest BCUT2D eigenvalue weighted by Gasteiger charge is -2.16. The molecule has 1 aromatic carbocycles. The van der Waals surface area contributed by atoms with Crippen molar-refractivity contribution in [3.8, 4) is 5.75 Å². The van der Waals surface area contributed by atoms with Crippen molar-refractivity contribution in [3.63, 3.8) is 0 Å². The van der Waals surface area contributed by atoms with Crippen LogP contribution in [-0.4, -0.2) is 13.4 Å². The molecule has 0 amide bonds. The van der Waals surface area contributed by atoms with Crippen molar-refractivity contribution in [2.45, 2.75) is 24.7 Å². The van der Waals surface area contributed by atoms with Gasteiger partial charge in [0.1, 0.15) is 12.0 Å². The van der Waals surface area contributed by atoms with Crippen molar-refractivity contribution < 1.29 is 9.53 Å². The molecule has 1 aromatic rings. The van der Waals surface area contributed by atoms with Gasteiger partial charge in [-0.1, -0.05) is 12.1 Å². The number of benzene rings is 1. The topological polar surface area (TPSA) is 26.3 Å². The van der Waals surface area contributed by atoms with Crippen LogP contribution in [0.5, 0.6) is 5.75 Å². The van der Waals surface area contributed by atoms with E-state index >= 15 is 0 Å². The Labute approximate surface area is 95.6 Å². The fraction of sp³-hybridized carbons (Fsp3) is 0.500. The van der Waals surface area contributed by atoms with Gasteiger partial charge in [0.15, 0.2) is 0 Å². The number of aldehydes is 1. The summed E-state index contributed by atoms with van der Waals surface area (Å²) in [4.78, 5) is 11.0. The second-order valence-corrected chi connectivity index (χ2v) is 4.99. The summed E-state index contributed by atoms with van der Waals surface area (Å²) in [5.41, 5.74) is 1.46. The molecule has 0 aliphatic heterocycles. The van der Waals surface area contributed by atoms with Crippen molar-refractivity contribution >= 4 is 6.29 Å². The van der Waals surface area contributed by atoms with Gasteiger partial charge in [-0.2, -0.15) is 0 Å². The van der Waals surface area contributed by atoms with Crippen LogP contribution in [0.4, 0.5) is 0 Å². The molecule has 16 heavy (non-hydrogen) atoms. The SMILES string of the molecule is COc1cccc(C2(C3CC3)CC2C=O)c1. The first-order chi connectivity index (χ1) is 7.81. The van der Waals surface area contributed by atoms with Gasteiger partial charge >= 0.3 is 0 Å². The number of methoxy groups -OCH3 is 1. The first kappa shape index (κ1) is 9.88. The average Bonchev–Trinajstić information content (AvgIpc) is 3.19. The molecule has 2 aliphatic carbocycles. The molecule has 2 atom stereocenters. The largest absolute Gasteiger partial charge is 0.497 e. The van der Waals surface area contributed by atoms with E-state index in [2.05, 4.69) is 12.1 Å². The quantitative estimate of drug-likeness (QED) is 0.723. The molecule has 3 rings (SSSR count). The fourth-order valence-electron chi connectivity index (χ4n) is 3.02. The molecule has 2 aliphatic rings. The summed E-state index contributed by atoms with van der Waals surface area (Å²) in [5, 5.41) is 0. The van der Waals surface area contributed by atoms with E-state index in [1.165, 1.54) is 18.4 Å². The molecule has 2 unspecified atom stereocenters. The Kier molecular flexibility index (Phi) is 2.06. The normalized spacial score (nSPS) is 32.2. The molecule has 0 saturated heterocycles. The minimum absolute atomic E-state index is 0.163. The maximum atomic E-state index is 11.0. The molecule has 2 nitrogen and oxygen atoms in total. The molecular formula is C14H16O2.